The van der Waals surface area contributed by atoms with E-state index in [1.165, 1.54) is 68.9 Å². The molecule has 2 heteroatoms. The second-order valence-corrected chi connectivity index (χ2v) is 5.84. The summed E-state index contributed by atoms with van der Waals surface area (Å²) in [5.74, 6) is 0. The standard InChI is InChI=1S/C18H32N2/c1-4-5-6-7-8-9-10-11-12-18(19-3)17-15-20-14-13-16(17)2/h13-15,18-19H,4-12H2,1-3H3. The smallest absolute Gasteiger partial charge is 0.0335 e. The third kappa shape index (κ3) is 6.51. The van der Waals surface area contributed by atoms with Crippen molar-refractivity contribution in [1.82, 2.24) is 10.3 Å². The minimum atomic E-state index is 0.462. The molecule has 0 aliphatic carbocycles. The summed E-state index contributed by atoms with van der Waals surface area (Å²) in [7, 11) is 2.06. The van der Waals surface area contributed by atoms with Gasteiger partial charge in [-0.3, -0.25) is 4.98 Å². The molecule has 0 spiro atoms. The second-order valence-electron chi connectivity index (χ2n) is 5.84. The summed E-state index contributed by atoms with van der Waals surface area (Å²) in [6.45, 7) is 4.45. The SMILES string of the molecule is CCCCCCCCCCC(NC)c1cnccc1C. The van der Waals surface area contributed by atoms with Gasteiger partial charge in [-0.25, -0.2) is 0 Å². The van der Waals surface area contributed by atoms with Crippen molar-refractivity contribution in [2.24, 2.45) is 0 Å². The number of rotatable bonds is 11. The molecular weight excluding hydrogens is 244 g/mol. The van der Waals surface area contributed by atoms with Gasteiger partial charge in [0.05, 0.1) is 0 Å². The van der Waals surface area contributed by atoms with Crippen LogP contribution < -0.4 is 5.32 Å². The molecule has 0 aliphatic heterocycles. The van der Waals surface area contributed by atoms with Gasteiger partial charge in [-0.2, -0.15) is 0 Å². The number of aryl methyl sites for hydroxylation is 1. The van der Waals surface area contributed by atoms with Gasteiger partial charge >= 0.3 is 0 Å². The minimum Gasteiger partial charge on any atom is -0.313 e. The molecule has 1 aromatic rings. The van der Waals surface area contributed by atoms with E-state index in [2.05, 4.69) is 37.3 Å². The molecule has 0 radical (unpaired) electrons. The van der Waals surface area contributed by atoms with E-state index < -0.39 is 0 Å². The predicted octanol–water partition coefficient (Wildman–Crippen LogP) is 5.18. The lowest BCUT2D eigenvalue weighted by atomic mass is 9.98. The van der Waals surface area contributed by atoms with Crippen LogP contribution >= 0.6 is 0 Å². The van der Waals surface area contributed by atoms with Gasteiger partial charge in [-0.05, 0) is 37.6 Å². The van der Waals surface area contributed by atoms with Crippen LogP contribution in [0.2, 0.25) is 0 Å². The molecule has 0 aliphatic rings. The van der Waals surface area contributed by atoms with Crippen molar-refractivity contribution < 1.29 is 0 Å². The van der Waals surface area contributed by atoms with Crippen LogP contribution in [0, 0.1) is 6.92 Å². The number of unbranched alkanes of at least 4 members (excludes halogenated alkanes) is 7. The van der Waals surface area contributed by atoms with E-state index in [4.69, 9.17) is 0 Å². The maximum atomic E-state index is 4.26. The lowest BCUT2D eigenvalue weighted by molar-refractivity contribution is 0.492. The molecule has 0 amide bonds. The van der Waals surface area contributed by atoms with Crippen LogP contribution in [0.15, 0.2) is 18.5 Å². The average molecular weight is 276 g/mol. The molecule has 0 fully saturated rings. The normalized spacial score (nSPS) is 12.6. The molecular formula is C18H32N2. The van der Waals surface area contributed by atoms with Gasteiger partial charge in [0.2, 0.25) is 0 Å². The predicted molar refractivity (Wildman–Crippen MR) is 88.0 cm³/mol. The van der Waals surface area contributed by atoms with Gasteiger partial charge in [0.25, 0.3) is 0 Å². The molecule has 1 aromatic heterocycles. The lowest BCUT2D eigenvalue weighted by Gasteiger charge is -2.18. The Balaban J connectivity index is 2.18. The van der Waals surface area contributed by atoms with Crippen molar-refractivity contribution in [3.63, 3.8) is 0 Å². The summed E-state index contributed by atoms with van der Waals surface area (Å²) in [6, 6.07) is 2.57. The maximum absolute atomic E-state index is 4.26. The molecule has 1 atom stereocenters. The molecule has 0 aromatic carbocycles. The van der Waals surface area contributed by atoms with Crippen LogP contribution in [0.1, 0.15) is 81.9 Å². The molecule has 1 rings (SSSR count). The summed E-state index contributed by atoms with van der Waals surface area (Å²) >= 11 is 0. The Morgan fingerprint density at radius 1 is 1.05 bits per heavy atom. The first-order chi connectivity index (χ1) is 9.79. The quantitative estimate of drug-likeness (QED) is 0.563. The Labute approximate surface area is 125 Å². The summed E-state index contributed by atoms with van der Waals surface area (Å²) in [5, 5.41) is 3.44. The number of nitrogens with one attached hydrogen (secondary N) is 1. The molecule has 0 bridgehead atoms. The van der Waals surface area contributed by atoms with Crippen molar-refractivity contribution in [2.45, 2.75) is 77.7 Å². The lowest BCUT2D eigenvalue weighted by Crippen LogP contribution is -2.17. The molecule has 0 saturated carbocycles. The fourth-order valence-electron chi connectivity index (χ4n) is 2.78. The molecule has 1 heterocycles. The monoisotopic (exact) mass is 276 g/mol. The Morgan fingerprint density at radius 2 is 1.70 bits per heavy atom. The maximum Gasteiger partial charge on any atom is 0.0335 e. The number of aromatic nitrogens is 1. The summed E-state index contributed by atoms with van der Waals surface area (Å²) in [6.07, 6.45) is 16.2. The van der Waals surface area contributed by atoms with E-state index in [9.17, 15) is 0 Å². The third-order valence-electron chi connectivity index (χ3n) is 4.15. The van der Waals surface area contributed by atoms with Crippen molar-refractivity contribution in [1.29, 1.82) is 0 Å². The van der Waals surface area contributed by atoms with Gasteiger partial charge < -0.3 is 5.32 Å². The van der Waals surface area contributed by atoms with E-state index in [0.29, 0.717) is 6.04 Å². The summed E-state index contributed by atoms with van der Waals surface area (Å²) in [5.41, 5.74) is 2.71. The molecule has 2 nitrogen and oxygen atoms in total. The zero-order valence-corrected chi connectivity index (χ0v) is 13.6. The zero-order valence-electron chi connectivity index (χ0n) is 13.6. The van der Waals surface area contributed by atoms with Gasteiger partial charge in [0, 0.05) is 18.4 Å². The van der Waals surface area contributed by atoms with Crippen molar-refractivity contribution in [3.05, 3.63) is 29.6 Å². The van der Waals surface area contributed by atoms with E-state index >= 15 is 0 Å². The summed E-state index contributed by atoms with van der Waals surface area (Å²) in [4.78, 5) is 4.26. The molecule has 0 saturated heterocycles. The van der Waals surface area contributed by atoms with E-state index in [1.807, 2.05) is 12.4 Å². The highest BCUT2D eigenvalue weighted by molar-refractivity contribution is 5.24. The van der Waals surface area contributed by atoms with Crippen LogP contribution in [0.5, 0.6) is 0 Å². The van der Waals surface area contributed by atoms with Crippen LogP contribution in [0.25, 0.3) is 0 Å². The zero-order chi connectivity index (χ0) is 14.6. The van der Waals surface area contributed by atoms with Crippen molar-refractivity contribution >= 4 is 0 Å². The largest absolute Gasteiger partial charge is 0.313 e. The van der Waals surface area contributed by atoms with E-state index in [-0.39, 0.29) is 0 Å². The first-order valence-corrected chi connectivity index (χ1v) is 8.37. The van der Waals surface area contributed by atoms with Crippen LogP contribution in [0.4, 0.5) is 0 Å². The van der Waals surface area contributed by atoms with Gasteiger partial charge in [0.1, 0.15) is 0 Å². The van der Waals surface area contributed by atoms with Crippen LogP contribution in [-0.2, 0) is 0 Å². The number of pyridine rings is 1. The molecule has 20 heavy (non-hydrogen) atoms. The highest BCUT2D eigenvalue weighted by Gasteiger charge is 2.11. The molecule has 114 valence electrons. The van der Waals surface area contributed by atoms with E-state index in [1.54, 1.807) is 0 Å². The van der Waals surface area contributed by atoms with Gasteiger partial charge in [0.15, 0.2) is 0 Å². The highest BCUT2D eigenvalue weighted by atomic mass is 14.9. The number of hydrogen-bond acceptors (Lipinski definition) is 2. The second kappa shape index (κ2) is 10.8. The fourth-order valence-corrected chi connectivity index (χ4v) is 2.78. The van der Waals surface area contributed by atoms with Gasteiger partial charge in [-0.1, -0.05) is 58.3 Å². The number of nitrogens with zero attached hydrogens (tertiary/aromatic N) is 1. The van der Waals surface area contributed by atoms with Gasteiger partial charge in [-0.15, -0.1) is 0 Å². The third-order valence-corrected chi connectivity index (χ3v) is 4.15. The topological polar surface area (TPSA) is 24.9 Å². The fraction of sp³-hybridized carbons (Fsp3) is 0.722. The first kappa shape index (κ1) is 17.2. The summed E-state index contributed by atoms with van der Waals surface area (Å²) < 4.78 is 0. The molecule has 1 N–H and O–H groups in total. The van der Waals surface area contributed by atoms with Crippen molar-refractivity contribution in [2.75, 3.05) is 7.05 Å². The van der Waals surface area contributed by atoms with Crippen molar-refractivity contribution in [3.8, 4) is 0 Å². The Bertz CT molecular complexity index is 349. The Kier molecular flexibility index (Phi) is 9.31. The first-order valence-electron chi connectivity index (χ1n) is 8.37. The molecule has 1 unspecified atom stereocenters. The number of hydrogen-bond donors (Lipinski definition) is 1. The van der Waals surface area contributed by atoms with Crippen LogP contribution in [-0.4, -0.2) is 12.0 Å². The minimum absolute atomic E-state index is 0.462. The van der Waals surface area contributed by atoms with E-state index in [0.717, 1.165) is 0 Å². The Hall–Kier alpha value is -0.890. The Morgan fingerprint density at radius 3 is 2.30 bits per heavy atom. The van der Waals surface area contributed by atoms with Crippen LogP contribution in [0.3, 0.4) is 0 Å². The highest BCUT2D eigenvalue weighted by Crippen LogP contribution is 2.22. The average Bonchev–Trinajstić information content (AvgIpc) is 2.47.